The average molecular weight is 416 g/mol. The molecule has 0 spiro atoms. The van der Waals surface area contributed by atoms with Crippen LogP contribution in [0.2, 0.25) is 0 Å². The number of carbonyl (C=O) groups is 1. The first-order chi connectivity index (χ1) is 13.6. The van der Waals surface area contributed by atoms with Gasteiger partial charge in [-0.2, -0.15) is 0 Å². The van der Waals surface area contributed by atoms with Gasteiger partial charge in [-0.05, 0) is 30.2 Å². The zero-order chi connectivity index (χ0) is 19.9. The summed E-state index contributed by atoms with van der Waals surface area (Å²) in [4.78, 5) is 12.3. The second-order valence-electron chi connectivity index (χ2n) is 5.96. The van der Waals surface area contributed by atoms with E-state index in [2.05, 4.69) is 34.6 Å². The minimum Gasteiger partial charge on any atom is -0.493 e. The van der Waals surface area contributed by atoms with E-state index in [-0.39, 0.29) is 17.6 Å². The number of hydrogen-bond donors (Lipinski definition) is 1. The van der Waals surface area contributed by atoms with E-state index in [9.17, 15) is 4.79 Å². The molecule has 3 aromatic rings. The molecule has 146 valence electrons. The lowest BCUT2D eigenvalue weighted by Gasteiger charge is -2.09. The fourth-order valence-electron chi connectivity index (χ4n) is 2.59. The van der Waals surface area contributed by atoms with Gasteiger partial charge in [0.05, 0.1) is 20.6 Å². The first kappa shape index (κ1) is 20.2. The Labute approximate surface area is 172 Å². The van der Waals surface area contributed by atoms with Crippen molar-refractivity contribution in [2.24, 2.45) is 0 Å². The molecule has 0 unspecified atom stereocenters. The van der Waals surface area contributed by atoms with Crippen LogP contribution in [0, 0.1) is 0 Å². The van der Waals surface area contributed by atoms with Crippen LogP contribution in [-0.4, -0.2) is 30.3 Å². The standard InChI is InChI=1S/C20H21N3O3S2/c1-13(15-7-5-4-6-8-15)27-20-23-22-19(28-20)21-18(24)12-14-9-10-16(25-2)17(11-14)26-3/h4-11,13H,12H2,1-3H3,(H,21,22,24)/t13-/m0/s1. The molecule has 1 heterocycles. The van der Waals surface area contributed by atoms with Crippen molar-refractivity contribution < 1.29 is 14.3 Å². The molecule has 0 bridgehead atoms. The maximum atomic E-state index is 12.3. The van der Waals surface area contributed by atoms with Gasteiger partial charge in [0.25, 0.3) is 0 Å². The third kappa shape index (κ3) is 5.24. The van der Waals surface area contributed by atoms with Crippen LogP contribution < -0.4 is 14.8 Å². The van der Waals surface area contributed by atoms with Crippen molar-refractivity contribution in [3.8, 4) is 11.5 Å². The topological polar surface area (TPSA) is 73.3 Å². The van der Waals surface area contributed by atoms with Gasteiger partial charge in [-0.3, -0.25) is 4.79 Å². The lowest BCUT2D eigenvalue weighted by atomic mass is 10.1. The molecule has 1 amide bonds. The highest BCUT2D eigenvalue weighted by atomic mass is 32.2. The van der Waals surface area contributed by atoms with E-state index in [1.165, 1.54) is 16.9 Å². The molecule has 0 aliphatic heterocycles. The average Bonchev–Trinajstić information content (AvgIpc) is 3.14. The SMILES string of the molecule is COc1ccc(CC(=O)Nc2nnc(S[C@@H](C)c3ccccc3)s2)cc1OC. The molecule has 0 radical (unpaired) electrons. The number of amides is 1. The van der Waals surface area contributed by atoms with Gasteiger partial charge < -0.3 is 14.8 Å². The minimum absolute atomic E-state index is 0.156. The van der Waals surface area contributed by atoms with Crippen LogP contribution in [-0.2, 0) is 11.2 Å². The van der Waals surface area contributed by atoms with E-state index in [4.69, 9.17) is 9.47 Å². The summed E-state index contributed by atoms with van der Waals surface area (Å²) in [5.74, 6) is 1.07. The van der Waals surface area contributed by atoms with Crippen LogP contribution in [0.1, 0.15) is 23.3 Å². The van der Waals surface area contributed by atoms with Crippen molar-refractivity contribution in [3.63, 3.8) is 0 Å². The predicted octanol–water partition coefficient (Wildman–Crippen LogP) is 4.59. The van der Waals surface area contributed by atoms with Crippen molar-refractivity contribution in [1.29, 1.82) is 0 Å². The van der Waals surface area contributed by atoms with Gasteiger partial charge in [-0.1, -0.05) is 59.5 Å². The lowest BCUT2D eigenvalue weighted by molar-refractivity contribution is -0.115. The Morgan fingerprint density at radius 2 is 1.86 bits per heavy atom. The summed E-state index contributed by atoms with van der Waals surface area (Å²) < 4.78 is 11.3. The van der Waals surface area contributed by atoms with Crippen molar-refractivity contribution in [1.82, 2.24) is 10.2 Å². The van der Waals surface area contributed by atoms with Crippen LogP contribution >= 0.6 is 23.1 Å². The van der Waals surface area contributed by atoms with Crippen molar-refractivity contribution >= 4 is 34.1 Å². The number of rotatable bonds is 8. The third-order valence-corrected chi connectivity index (χ3v) is 6.09. The Morgan fingerprint density at radius 1 is 1.11 bits per heavy atom. The number of nitrogens with zero attached hydrogens (tertiary/aromatic N) is 2. The Morgan fingerprint density at radius 3 is 2.57 bits per heavy atom. The molecule has 0 aliphatic carbocycles. The van der Waals surface area contributed by atoms with E-state index in [0.717, 1.165) is 9.90 Å². The van der Waals surface area contributed by atoms with Crippen LogP contribution in [0.5, 0.6) is 11.5 Å². The second kappa shape index (κ2) is 9.57. The number of methoxy groups -OCH3 is 2. The number of nitrogens with one attached hydrogen (secondary N) is 1. The summed E-state index contributed by atoms with van der Waals surface area (Å²) >= 11 is 2.99. The van der Waals surface area contributed by atoms with Crippen LogP contribution in [0.4, 0.5) is 5.13 Å². The molecule has 3 rings (SSSR count). The highest BCUT2D eigenvalue weighted by molar-refractivity contribution is 8.01. The summed E-state index contributed by atoms with van der Waals surface area (Å²) in [5.41, 5.74) is 2.05. The molecular weight excluding hydrogens is 394 g/mol. The molecule has 1 N–H and O–H groups in total. The monoisotopic (exact) mass is 415 g/mol. The van der Waals surface area contributed by atoms with Gasteiger partial charge in [0.2, 0.25) is 11.0 Å². The maximum absolute atomic E-state index is 12.3. The molecule has 6 nitrogen and oxygen atoms in total. The highest BCUT2D eigenvalue weighted by Gasteiger charge is 2.14. The number of thioether (sulfide) groups is 1. The third-order valence-electron chi connectivity index (χ3n) is 4.01. The van der Waals surface area contributed by atoms with E-state index in [1.54, 1.807) is 38.1 Å². The number of aromatic nitrogens is 2. The Hall–Kier alpha value is -2.58. The zero-order valence-electron chi connectivity index (χ0n) is 15.8. The molecule has 2 aromatic carbocycles. The summed E-state index contributed by atoms with van der Waals surface area (Å²) in [6, 6.07) is 15.6. The summed E-state index contributed by atoms with van der Waals surface area (Å²) in [7, 11) is 3.15. The van der Waals surface area contributed by atoms with Crippen molar-refractivity contribution in [2.45, 2.75) is 22.9 Å². The summed E-state index contributed by atoms with van der Waals surface area (Å²) in [6.45, 7) is 2.12. The molecule has 8 heteroatoms. The van der Waals surface area contributed by atoms with Crippen LogP contribution in [0.3, 0.4) is 0 Å². The van der Waals surface area contributed by atoms with E-state index < -0.39 is 0 Å². The van der Waals surface area contributed by atoms with Crippen molar-refractivity contribution in [2.75, 3.05) is 19.5 Å². The largest absolute Gasteiger partial charge is 0.493 e. The van der Waals surface area contributed by atoms with E-state index in [0.29, 0.717) is 16.6 Å². The molecule has 1 atom stereocenters. The molecule has 0 saturated heterocycles. The normalized spacial score (nSPS) is 11.7. The number of ether oxygens (including phenoxy) is 2. The molecule has 0 aliphatic rings. The van der Waals surface area contributed by atoms with E-state index >= 15 is 0 Å². The molecule has 0 fully saturated rings. The lowest BCUT2D eigenvalue weighted by Crippen LogP contribution is -2.14. The smallest absolute Gasteiger partial charge is 0.230 e. The molecular formula is C20H21N3O3S2. The number of anilines is 1. The molecule has 28 heavy (non-hydrogen) atoms. The van der Waals surface area contributed by atoms with Gasteiger partial charge in [-0.25, -0.2) is 0 Å². The zero-order valence-corrected chi connectivity index (χ0v) is 17.5. The summed E-state index contributed by atoms with van der Waals surface area (Å²) in [5, 5.41) is 11.8. The van der Waals surface area contributed by atoms with Gasteiger partial charge in [0.1, 0.15) is 0 Å². The molecule has 1 aromatic heterocycles. The van der Waals surface area contributed by atoms with E-state index in [1.807, 2.05) is 24.3 Å². The first-order valence-corrected chi connectivity index (χ1v) is 10.3. The van der Waals surface area contributed by atoms with Crippen LogP contribution in [0.15, 0.2) is 52.9 Å². The fraction of sp³-hybridized carbons (Fsp3) is 0.250. The second-order valence-corrected chi connectivity index (χ2v) is 8.52. The number of carbonyl (C=O) groups excluding carboxylic acids is 1. The minimum atomic E-state index is -0.156. The summed E-state index contributed by atoms with van der Waals surface area (Å²) in [6.07, 6.45) is 0.211. The van der Waals surface area contributed by atoms with Gasteiger partial charge in [0.15, 0.2) is 15.8 Å². The number of benzene rings is 2. The van der Waals surface area contributed by atoms with Gasteiger partial charge in [0, 0.05) is 5.25 Å². The predicted molar refractivity (Wildman–Crippen MR) is 113 cm³/mol. The Kier molecular flexibility index (Phi) is 6.89. The van der Waals surface area contributed by atoms with Gasteiger partial charge >= 0.3 is 0 Å². The highest BCUT2D eigenvalue weighted by Crippen LogP contribution is 2.37. The maximum Gasteiger partial charge on any atom is 0.230 e. The Bertz CT molecular complexity index is 931. The quantitative estimate of drug-likeness (QED) is 0.428. The molecule has 0 saturated carbocycles. The number of hydrogen-bond acceptors (Lipinski definition) is 7. The fourth-order valence-corrected chi connectivity index (χ4v) is 4.63. The van der Waals surface area contributed by atoms with Crippen LogP contribution in [0.25, 0.3) is 0 Å². The Balaban J connectivity index is 1.58. The first-order valence-electron chi connectivity index (χ1n) is 8.65. The van der Waals surface area contributed by atoms with Crippen molar-refractivity contribution in [3.05, 3.63) is 59.7 Å². The van der Waals surface area contributed by atoms with Gasteiger partial charge in [-0.15, -0.1) is 10.2 Å².